The molecule has 0 amide bonds. The Balaban J connectivity index is 1.74. The lowest BCUT2D eigenvalue weighted by atomic mass is 10.0. The van der Waals surface area contributed by atoms with Crippen LogP contribution in [0.2, 0.25) is 0 Å². The molecule has 1 heterocycles. The molecule has 5 heteroatoms. The van der Waals surface area contributed by atoms with Crippen molar-refractivity contribution in [2.45, 2.75) is 59.0 Å². The van der Waals surface area contributed by atoms with Crippen LogP contribution in [0.25, 0.3) is 22.1 Å². The first-order valence-corrected chi connectivity index (χ1v) is 11.4. The van der Waals surface area contributed by atoms with E-state index in [9.17, 15) is 9.59 Å². The van der Waals surface area contributed by atoms with Crippen LogP contribution in [0.3, 0.4) is 0 Å². The second kappa shape index (κ2) is 10.5. The van der Waals surface area contributed by atoms with Gasteiger partial charge in [-0.3, -0.25) is 0 Å². The number of carbonyl (C=O) groups is 1. The van der Waals surface area contributed by atoms with Crippen molar-refractivity contribution in [3.8, 4) is 16.9 Å². The van der Waals surface area contributed by atoms with E-state index in [0.29, 0.717) is 22.5 Å². The fourth-order valence-corrected chi connectivity index (χ4v) is 3.44. The monoisotopic (exact) mass is 448 g/mol. The van der Waals surface area contributed by atoms with Crippen LogP contribution < -0.4 is 10.4 Å². The Morgan fingerprint density at radius 1 is 1.06 bits per heavy atom. The summed E-state index contributed by atoms with van der Waals surface area (Å²) in [7, 11) is 0. The van der Waals surface area contributed by atoms with Crippen molar-refractivity contribution in [2.75, 3.05) is 6.61 Å². The molecular weight excluding hydrogens is 416 g/mol. The van der Waals surface area contributed by atoms with Gasteiger partial charge in [0.1, 0.15) is 23.5 Å². The third kappa shape index (κ3) is 6.58. The number of benzene rings is 2. The predicted molar refractivity (Wildman–Crippen MR) is 132 cm³/mol. The van der Waals surface area contributed by atoms with Crippen LogP contribution in [-0.4, -0.2) is 18.2 Å². The van der Waals surface area contributed by atoms with Crippen LogP contribution in [0.15, 0.2) is 69.9 Å². The van der Waals surface area contributed by atoms with Gasteiger partial charge in [-0.2, -0.15) is 0 Å². The molecule has 0 saturated heterocycles. The van der Waals surface area contributed by atoms with Gasteiger partial charge in [-0.1, -0.05) is 50.6 Å². The smallest absolute Gasteiger partial charge is 0.344 e. The van der Waals surface area contributed by atoms with Gasteiger partial charge in [0.25, 0.3) is 0 Å². The molecular formula is C28H32O5. The average molecular weight is 449 g/mol. The quantitative estimate of drug-likeness (QED) is 0.154. The Hall–Kier alpha value is -3.34. The molecule has 0 spiro atoms. The van der Waals surface area contributed by atoms with Gasteiger partial charge in [-0.25, -0.2) is 9.59 Å². The number of esters is 1. The van der Waals surface area contributed by atoms with Crippen LogP contribution in [0, 0.1) is 0 Å². The minimum Gasteiger partial charge on any atom is -0.489 e. The molecule has 0 fully saturated rings. The summed E-state index contributed by atoms with van der Waals surface area (Å²) < 4.78 is 16.8. The van der Waals surface area contributed by atoms with E-state index in [0.717, 1.165) is 17.4 Å². The van der Waals surface area contributed by atoms with Gasteiger partial charge >= 0.3 is 11.6 Å². The zero-order valence-electron chi connectivity index (χ0n) is 19.9. The van der Waals surface area contributed by atoms with Gasteiger partial charge in [-0.05, 0) is 62.9 Å². The molecule has 0 aliphatic carbocycles. The van der Waals surface area contributed by atoms with E-state index in [2.05, 4.69) is 25.6 Å². The lowest BCUT2D eigenvalue weighted by Gasteiger charge is -2.25. The molecule has 0 saturated carbocycles. The maximum absolute atomic E-state index is 12.7. The van der Waals surface area contributed by atoms with Crippen molar-refractivity contribution in [1.29, 1.82) is 0 Å². The second-order valence-electron chi connectivity index (χ2n) is 9.02. The Kier molecular flexibility index (Phi) is 7.75. The fourth-order valence-electron chi connectivity index (χ4n) is 3.44. The maximum atomic E-state index is 12.7. The Morgan fingerprint density at radius 3 is 2.45 bits per heavy atom. The van der Waals surface area contributed by atoms with Crippen molar-refractivity contribution in [3.63, 3.8) is 0 Å². The predicted octanol–water partition coefficient (Wildman–Crippen LogP) is 6.47. The number of ether oxygens (including phenoxy) is 2. The van der Waals surface area contributed by atoms with Crippen molar-refractivity contribution < 1.29 is 18.7 Å². The summed E-state index contributed by atoms with van der Waals surface area (Å²) in [4.78, 5) is 24.5. The van der Waals surface area contributed by atoms with Crippen molar-refractivity contribution in [2.24, 2.45) is 0 Å². The van der Waals surface area contributed by atoms with Crippen molar-refractivity contribution >= 4 is 16.9 Å². The summed E-state index contributed by atoms with van der Waals surface area (Å²) in [5.74, 6) is 0.0592. The van der Waals surface area contributed by atoms with Crippen molar-refractivity contribution in [3.05, 3.63) is 76.7 Å². The SMILES string of the molecule is C=C(C)C(=O)OC(C)(C)COc1ccc2cc(-c3ccc(CCCCC)cc3)c(=O)oc2c1. The number of aryl methyl sites for hydroxylation is 1. The van der Waals surface area contributed by atoms with E-state index >= 15 is 0 Å². The van der Waals surface area contributed by atoms with E-state index < -0.39 is 17.2 Å². The highest BCUT2D eigenvalue weighted by Gasteiger charge is 2.24. The topological polar surface area (TPSA) is 65.7 Å². The molecule has 33 heavy (non-hydrogen) atoms. The van der Waals surface area contributed by atoms with Crippen molar-refractivity contribution in [1.82, 2.24) is 0 Å². The third-order valence-corrected chi connectivity index (χ3v) is 5.35. The number of rotatable bonds is 10. The molecule has 0 aliphatic rings. The number of hydrogen-bond donors (Lipinski definition) is 0. The highest BCUT2D eigenvalue weighted by molar-refractivity contribution is 5.87. The molecule has 1 aromatic heterocycles. The van der Waals surface area contributed by atoms with E-state index in [-0.39, 0.29) is 6.61 Å². The zero-order chi connectivity index (χ0) is 24.0. The lowest BCUT2D eigenvalue weighted by molar-refractivity contribution is -0.154. The van der Waals surface area contributed by atoms with E-state index in [1.807, 2.05) is 24.3 Å². The fraction of sp³-hybridized carbons (Fsp3) is 0.357. The largest absolute Gasteiger partial charge is 0.489 e. The van der Waals surface area contributed by atoms with Gasteiger partial charge in [0.05, 0.1) is 5.56 Å². The summed E-state index contributed by atoms with van der Waals surface area (Å²) in [6, 6.07) is 15.3. The first-order valence-electron chi connectivity index (χ1n) is 11.4. The van der Waals surface area contributed by atoms with E-state index in [4.69, 9.17) is 13.9 Å². The first kappa shape index (κ1) is 24.3. The molecule has 0 radical (unpaired) electrons. The molecule has 3 rings (SSSR count). The molecule has 3 aromatic rings. The number of carbonyl (C=O) groups excluding carboxylic acids is 1. The normalized spacial score (nSPS) is 11.4. The van der Waals surface area contributed by atoms with Gasteiger partial charge in [-0.15, -0.1) is 0 Å². The molecule has 0 aliphatic heterocycles. The summed E-state index contributed by atoms with van der Waals surface area (Å²) in [5, 5.41) is 0.803. The molecule has 0 N–H and O–H groups in total. The molecule has 0 bridgehead atoms. The molecule has 5 nitrogen and oxygen atoms in total. The van der Waals surface area contributed by atoms with Gasteiger partial charge in [0.2, 0.25) is 0 Å². The lowest BCUT2D eigenvalue weighted by Crippen LogP contribution is -2.35. The van der Waals surface area contributed by atoms with Gasteiger partial charge in [0.15, 0.2) is 0 Å². The second-order valence-corrected chi connectivity index (χ2v) is 9.02. The maximum Gasteiger partial charge on any atom is 0.344 e. The average Bonchev–Trinajstić information content (AvgIpc) is 2.77. The number of hydrogen-bond acceptors (Lipinski definition) is 5. The Bertz CT molecular complexity index is 1190. The third-order valence-electron chi connectivity index (χ3n) is 5.35. The van der Waals surface area contributed by atoms with Gasteiger partial charge < -0.3 is 13.9 Å². The molecule has 0 atom stereocenters. The van der Waals surface area contributed by atoms with E-state index in [1.165, 1.54) is 24.8 Å². The zero-order valence-corrected chi connectivity index (χ0v) is 19.9. The van der Waals surface area contributed by atoms with Crippen LogP contribution in [-0.2, 0) is 16.0 Å². The van der Waals surface area contributed by atoms with Gasteiger partial charge in [0, 0.05) is 17.0 Å². The van der Waals surface area contributed by atoms with Crippen LogP contribution in [0.5, 0.6) is 5.75 Å². The standard InChI is InChI=1S/C28H32O5/c1-6-7-8-9-20-10-12-21(13-11-20)24-16-22-14-15-23(17-25(22)32-27(24)30)31-18-28(4,5)33-26(29)19(2)3/h10-17H,2,6-9,18H2,1,3-5H3. The van der Waals surface area contributed by atoms with Crippen LogP contribution in [0.1, 0.15) is 52.5 Å². The summed E-state index contributed by atoms with van der Waals surface area (Å²) >= 11 is 0. The Morgan fingerprint density at radius 2 is 1.79 bits per heavy atom. The molecule has 0 unspecified atom stereocenters. The van der Waals surface area contributed by atoms with Crippen LogP contribution in [0.4, 0.5) is 0 Å². The highest BCUT2D eigenvalue weighted by atomic mass is 16.6. The number of fused-ring (bicyclic) bond motifs is 1. The number of unbranched alkanes of at least 4 members (excludes halogenated alkanes) is 2. The molecule has 174 valence electrons. The summed E-state index contributed by atoms with van der Waals surface area (Å²) in [6.07, 6.45) is 4.64. The van der Waals surface area contributed by atoms with Crippen LogP contribution >= 0.6 is 0 Å². The van der Waals surface area contributed by atoms with E-state index in [1.54, 1.807) is 32.9 Å². The Labute approximate surface area is 195 Å². The highest BCUT2D eigenvalue weighted by Crippen LogP contribution is 2.26. The summed E-state index contributed by atoms with van der Waals surface area (Å²) in [6.45, 7) is 11.0. The minimum atomic E-state index is -0.835. The molecule has 2 aromatic carbocycles. The minimum absolute atomic E-state index is 0.143. The first-order chi connectivity index (χ1) is 15.7. The summed E-state index contributed by atoms with van der Waals surface area (Å²) in [5.41, 5.74) is 2.19.